The van der Waals surface area contributed by atoms with E-state index in [1.165, 1.54) is 0 Å². The van der Waals surface area contributed by atoms with Gasteiger partial charge in [-0.3, -0.25) is 0 Å². The first-order chi connectivity index (χ1) is 10.3. The van der Waals surface area contributed by atoms with Crippen molar-refractivity contribution in [3.05, 3.63) is 59.1 Å². The fraction of sp³-hybridized carbons (Fsp3) is 0.235. The molecule has 0 amide bonds. The summed E-state index contributed by atoms with van der Waals surface area (Å²) in [6.45, 7) is 1.91. The monoisotopic (exact) mass is 335 g/mol. The molecule has 0 aliphatic rings. The number of phenols is 1. The van der Waals surface area contributed by atoms with Crippen LogP contribution in [0.3, 0.4) is 0 Å². The number of likely N-dealkylation sites (N-methyl/N-ethyl adjacent to an activating group) is 1. The summed E-state index contributed by atoms with van der Waals surface area (Å²) < 4.78 is 6.17. The molecule has 1 atom stereocenters. The number of phenolic OH excluding ortho intramolecular Hbond substituents is 1. The van der Waals surface area contributed by atoms with Gasteiger partial charge in [-0.1, -0.05) is 36.0 Å². The maximum absolute atomic E-state index is 9.40. The van der Waals surface area contributed by atoms with Gasteiger partial charge in [0.05, 0.1) is 0 Å². The van der Waals surface area contributed by atoms with Crippen LogP contribution in [0, 0.1) is 0 Å². The lowest BCUT2D eigenvalue weighted by Gasteiger charge is -2.35. The van der Waals surface area contributed by atoms with E-state index >= 15 is 0 Å². The summed E-state index contributed by atoms with van der Waals surface area (Å²) in [6.07, 6.45) is 0. The molecule has 0 radical (unpaired) electrons. The Kier molecular flexibility index (Phi) is 4.94. The lowest BCUT2D eigenvalue weighted by atomic mass is 9.94. The second-order valence-corrected chi connectivity index (χ2v) is 6.16. The highest BCUT2D eigenvalue weighted by molar-refractivity contribution is 7.80. The van der Waals surface area contributed by atoms with Crippen molar-refractivity contribution in [2.24, 2.45) is 0 Å². The fourth-order valence-corrected chi connectivity index (χ4v) is 2.54. The van der Waals surface area contributed by atoms with Gasteiger partial charge < -0.3 is 14.7 Å². The lowest BCUT2D eigenvalue weighted by Crippen LogP contribution is -2.44. The van der Waals surface area contributed by atoms with Crippen LogP contribution in [0.25, 0.3) is 0 Å². The Morgan fingerprint density at radius 3 is 2.36 bits per heavy atom. The predicted molar refractivity (Wildman–Crippen MR) is 93.8 cm³/mol. The van der Waals surface area contributed by atoms with E-state index in [0.717, 1.165) is 5.56 Å². The third kappa shape index (κ3) is 3.51. The molecule has 3 nitrogen and oxygen atoms in total. The van der Waals surface area contributed by atoms with E-state index in [0.29, 0.717) is 15.8 Å². The lowest BCUT2D eigenvalue weighted by molar-refractivity contribution is 0.153. The van der Waals surface area contributed by atoms with E-state index in [1.807, 2.05) is 50.2 Å². The normalized spacial score (nSPS) is 13.3. The smallest absolute Gasteiger partial charge is 0.181 e. The number of nitrogens with zero attached hydrogens (tertiary/aromatic N) is 1. The molecular weight excluding hydrogens is 318 g/mol. The molecule has 0 fully saturated rings. The van der Waals surface area contributed by atoms with Crippen LogP contribution in [-0.4, -0.2) is 29.1 Å². The maximum atomic E-state index is 9.40. The van der Waals surface area contributed by atoms with Crippen molar-refractivity contribution >= 4 is 28.8 Å². The zero-order valence-electron chi connectivity index (χ0n) is 12.7. The van der Waals surface area contributed by atoms with Crippen molar-refractivity contribution in [2.45, 2.75) is 12.5 Å². The van der Waals surface area contributed by atoms with E-state index in [4.69, 9.17) is 28.6 Å². The van der Waals surface area contributed by atoms with Crippen molar-refractivity contribution in [3.8, 4) is 11.5 Å². The highest BCUT2D eigenvalue weighted by atomic mass is 35.5. The van der Waals surface area contributed by atoms with E-state index < -0.39 is 5.60 Å². The number of aromatic hydroxyl groups is 1. The van der Waals surface area contributed by atoms with Crippen LogP contribution in [0.4, 0.5) is 0 Å². The van der Waals surface area contributed by atoms with Crippen molar-refractivity contribution in [1.82, 2.24) is 4.90 Å². The standard InChI is InChI=1S/C17H18ClNO2S/c1-17(16(22)19(2)3,12-5-4-6-13(18)11-12)21-15-9-7-14(20)8-10-15/h4-11,20H,1-3H3/t17-/m1/s1. The fourth-order valence-electron chi connectivity index (χ4n) is 2.19. The van der Waals surface area contributed by atoms with Gasteiger partial charge in [-0.2, -0.15) is 0 Å². The first kappa shape index (κ1) is 16.6. The van der Waals surface area contributed by atoms with E-state index in [-0.39, 0.29) is 5.75 Å². The van der Waals surface area contributed by atoms with Gasteiger partial charge in [0.25, 0.3) is 0 Å². The van der Waals surface area contributed by atoms with Gasteiger partial charge in [-0.25, -0.2) is 0 Å². The van der Waals surface area contributed by atoms with Gasteiger partial charge in [0, 0.05) is 24.7 Å². The highest BCUT2D eigenvalue weighted by Crippen LogP contribution is 2.32. The van der Waals surface area contributed by atoms with Gasteiger partial charge in [-0.15, -0.1) is 0 Å². The van der Waals surface area contributed by atoms with Crippen molar-refractivity contribution in [2.75, 3.05) is 14.1 Å². The van der Waals surface area contributed by atoms with E-state index in [9.17, 15) is 5.11 Å². The van der Waals surface area contributed by atoms with Crippen molar-refractivity contribution in [1.29, 1.82) is 0 Å². The Morgan fingerprint density at radius 1 is 1.18 bits per heavy atom. The van der Waals surface area contributed by atoms with Crippen LogP contribution in [-0.2, 0) is 5.60 Å². The van der Waals surface area contributed by atoms with Crippen LogP contribution < -0.4 is 4.74 Å². The minimum atomic E-state index is -0.847. The number of thiocarbonyl (C=S) groups is 1. The molecule has 0 aliphatic heterocycles. The van der Waals surface area contributed by atoms with Crippen molar-refractivity contribution in [3.63, 3.8) is 0 Å². The van der Waals surface area contributed by atoms with Gasteiger partial charge >= 0.3 is 0 Å². The number of hydrogen-bond acceptors (Lipinski definition) is 3. The molecule has 116 valence electrons. The summed E-state index contributed by atoms with van der Waals surface area (Å²) in [4.78, 5) is 2.47. The molecule has 1 N–H and O–H groups in total. The molecule has 22 heavy (non-hydrogen) atoms. The molecule has 2 aromatic carbocycles. The van der Waals surface area contributed by atoms with Gasteiger partial charge in [0.1, 0.15) is 16.5 Å². The molecule has 0 saturated heterocycles. The SMILES string of the molecule is CN(C)C(=S)[C@](C)(Oc1ccc(O)cc1)c1cccc(Cl)c1. The maximum Gasteiger partial charge on any atom is 0.181 e. The van der Waals surface area contributed by atoms with E-state index in [1.54, 1.807) is 24.3 Å². The average Bonchev–Trinajstić information content (AvgIpc) is 2.48. The van der Waals surface area contributed by atoms with Crippen LogP contribution in [0.5, 0.6) is 11.5 Å². The predicted octanol–water partition coefficient (Wildman–Crippen LogP) is 4.23. The molecule has 0 bridgehead atoms. The molecule has 0 aliphatic carbocycles. The quantitative estimate of drug-likeness (QED) is 0.848. The second kappa shape index (κ2) is 6.55. The third-order valence-corrected chi connectivity index (χ3v) is 4.34. The van der Waals surface area contributed by atoms with Gasteiger partial charge in [0.15, 0.2) is 5.60 Å². The van der Waals surface area contributed by atoms with E-state index in [2.05, 4.69) is 0 Å². The second-order valence-electron chi connectivity index (χ2n) is 5.34. The van der Waals surface area contributed by atoms with Crippen LogP contribution >= 0.6 is 23.8 Å². The zero-order valence-corrected chi connectivity index (χ0v) is 14.3. The third-order valence-electron chi connectivity index (χ3n) is 3.35. The first-order valence-corrected chi connectivity index (χ1v) is 7.57. The molecule has 2 rings (SSSR count). The summed E-state index contributed by atoms with van der Waals surface area (Å²) in [5.41, 5.74) is 0.0209. The average molecular weight is 336 g/mol. The van der Waals surface area contributed by atoms with Crippen LogP contribution in [0.15, 0.2) is 48.5 Å². The van der Waals surface area contributed by atoms with Gasteiger partial charge in [0.2, 0.25) is 0 Å². The minimum absolute atomic E-state index is 0.187. The largest absolute Gasteiger partial charge is 0.508 e. The molecule has 0 spiro atoms. The Hall–Kier alpha value is -1.78. The van der Waals surface area contributed by atoms with Gasteiger partial charge in [-0.05, 0) is 43.3 Å². The molecule has 5 heteroatoms. The number of halogens is 1. The molecule has 0 aromatic heterocycles. The zero-order chi connectivity index (χ0) is 16.3. The topological polar surface area (TPSA) is 32.7 Å². The van der Waals surface area contributed by atoms with Crippen LogP contribution in [0.1, 0.15) is 12.5 Å². The Bertz CT molecular complexity index is 673. The summed E-state index contributed by atoms with van der Waals surface area (Å²) >= 11 is 11.7. The number of benzene rings is 2. The Morgan fingerprint density at radius 2 is 1.82 bits per heavy atom. The highest BCUT2D eigenvalue weighted by Gasteiger charge is 2.35. The van der Waals surface area contributed by atoms with Crippen LogP contribution in [0.2, 0.25) is 5.02 Å². The molecular formula is C17H18ClNO2S. The minimum Gasteiger partial charge on any atom is -0.508 e. The number of hydrogen-bond donors (Lipinski definition) is 1. The number of rotatable bonds is 4. The summed E-state index contributed by atoms with van der Waals surface area (Å²) in [7, 11) is 3.76. The Balaban J connectivity index is 2.46. The molecule has 0 unspecified atom stereocenters. The summed E-state index contributed by atoms with van der Waals surface area (Å²) in [5, 5.41) is 10.0. The summed E-state index contributed by atoms with van der Waals surface area (Å²) in [5.74, 6) is 0.802. The van der Waals surface area contributed by atoms with Crippen molar-refractivity contribution < 1.29 is 9.84 Å². The molecule has 0 saturated carbocycles. The molecule has 2 aromatic rings. The first-order valence-electron chi connectivity index (χ1n) is 6.79. The Labute approximate surface area is 141 Å². The molecule has 0 heterocycles. The summed E-state index contributed by atoms with van der Waals surface area (Å²) in [6, 6.07) is 14.0. The number of ether oxygens (including phenoxy) is 1.